The van der Waals surface area contributed by atoms with Gasteiger partial charge in [-0.3, -0.25) is 4.79 Å². The molecule has 122 valence electrons. The van der Waals surface area contributed by atoms with Gasteiger partial charge in [-0.2, -0.15) is 5.26 Å². The Hall–Kier alpha value is -3.26. The van der Waals surface area contributed by atoms with Crippen molar-refractivity contribution in [2.24, 2.45) is 0 Å². The maximum Gasteiger partial charge on any atom is 0.266 e. The van der Waals surface area contributed by atoms with Crippen molar-refractivity contribution in [3.63, 3.8) is 0 Å². The number of nitrogens with zero attached hydrogens (tertiary/aromatic N) is 1. The van der Waals surface area contributed by atoms with Crippen LogP contribution in [0.2, 0.25) is 0 Å². The van der Waals surface area contributed by atoms with Crippen molar-refractivity contribution in [1.82, 2.24) is 0 Å². The van der Waals surface area contributed by atoms with Crippen molar-refractivity contribution < 1.29 is 14.6 Å². The lowest BCUT2D eigenvalue weighted by Crippen LogP contribution is -2.13. The first-order chi connectivity index (χ1) is 11.5. The van der Waals surface area contributed by atoms with E-state index in [4.69, 9.17) is 4.74 Å². The first kappa shape index (κ1) is 17.1. The number of carbonyl (C=O) groups is 1. The minimum Gasteiger partial charge on any atom is -0.508 e. The molecule has 5 heteroatoms. The van der Waals surface area contributed by atoms with E-state index in [-0.39, 0.29) is 17.4 Å². The molecule has 0 saturated heterocycles. The van der Waals surface area contributed by atoms with Gasteiger partial charge in [0.05, 0.1) is 6.10 Å². The summed E-state index contributed by atoms with van der Waals surface area (Å²) in [6, 6.07) is 15.2. The van der Waals surface area contributed by atoms with Crippen LogP contribution in [0.15, 0.2) is 54.1 Å². The van der Waals surface area contributed by atoms with Crippen molar-refractivity contribution in [3.8, 4) is 17.6 Å². The Morgan fingerprint density at radius 2 is 2.00 bits per heavy atom. The second-order valence-corrected chi connectivity index (χ2v) is 5.41. The lowest BCUT2D eigenvalue weighted by Gasteiger charge is -2.11. The smallest absolute Gasteiger partial charge is 0.266 e. The van der Waals surface area contributed by atoms with E-state index in [0.29, 0.717) is 17.0 Å². The maximum atomic E-state index is 12.3. The molecule has 0 fully saturated rings. The largest absolute Gasteiger partial charge is 0.508 e. The minimum absolute atomic E-state index is 0.0243. The number of hydrogen-bond donors (Lipinski definition) is 2. The molecule has 2 aromatic carbocycles. The van der Waals surface area contributed by atoms with Crippen LogP contribution in [0, 0.1) is 11.3 Å². The molecule has 1 amide bonds. The van der Waals surface area contributed by atoms with E-state index in [1.165, 1.54) is 18.2 Å². The molecule has 0 aliphatic heterocycles. The van der Waals surface area contributed by atoms with Gasteiger partial charge in [0.1, 0.15) is 23.1 Å². The number of carbonyl (C=O) groups excluding carboxylic acids is 1. The molecule has 0 spiro atoms. The molecule has 2 aromatic rings. The van der Waals surface area contributed by atoms with E-state index in [9.17, 15) is 15.2 Å². The van der Waals surface area contributed by atoms with Crippen molar-refractivity contribution in [2.75, 3.05) is 5.32 Å². The summed E-state index contributed by atoms with van der Waals surface area (Å²) in [4.78, 5) is 12.3. The lowest BCUT2D eigenvalue weighted by molar-refractivity contribution is -0.112. The van der Waals surface area contributed by atoms with Gasteiger partial charge >= 0.3 is 0 Å². The molecule has 0 unspecified atom stereocenters. The number of phenolic OH excluding ortho intramolecular Hbond substituents is 1. The Labute approximate surface area is 140 Å². The number of phenols is 1. The van der Waals surface area contributed by atoms with Crippen LogP contribution in [0.5, 0.6) is 11.5 Å². The SMILES string of the molecule is CC(C)Oc1cccc(NC(=O)/C(C#N)=C\c2cccc(O)c2)c1. The number of benzene rings is 2. The Morgan fingerprint density at radius 3 is 2.67 bits per heavy atom. The van der Waals surface area contributed by atoms with Crippen molar-refractivity contribution in [3.05, 3.63) is 59.7 Å². The lowest BCUT2D eigenvalue weighted by atomic mass is 10.1. The van der Waals surface area contributed by atoms with E-state index in [1.807, 2.05) is 19.9 Å². The molecular formula is C19H18N2O3. The number of aromatic hydroxyl groups is 1. The summed E-state index contributed by atoms with van der Waals surface area (Å²) in [6.07, 6.45) is 1.44. The van der Waals surface area contributed by atoms with Crippen LogP contribution in [0.3, 0.4) is 0 Å². The Kier molecular flexibility index (Phi) is 5.58. The number of rotatable bonds is 5. The summed E-state index contributed by atoms with van der Waals surface area (Å²) < 4.78 is 5.57. The van der Waals surface area contributed by atoms with Crippen LogP contribution in [0.4, 0.5) is 5.69 Å². The zero-order chi connectivity index (χ0) is 17.5. The van der Waals surface area contributed by atoms with Crippen LogP contribution >= 0.6 is 0 Å². The van der Waals surface area contributed by atoms with Gasteiger partial charge in [0.15, 0.2) is 0 Å². The van der Waals surface area contributed by atoms with Crippen LogP contribution < -0.4 is 10.1 Å². The predicted molar refractivity (Wildman–Crippen MR) is 92.5 cm³/mol. The summed E-state index contributed by atoms with van der Waals surface area (Å²) in [5.41, 5.74) is 1.05. The highest BCUT2D eigenvalue weighted by Gasteiger charge is 2.10. The van der Waals surface area contributed by atoms with Gasteiger partial charge in [-0.05, 0) is 49.8 Å². The molecule has 0 heterocycles. The van der Waals surface area contributed by atoms with E-state index < -0.39 is 5.91 Å². The number of ether oxygens (including phenoxy) is 1. The highest BCUT2D eigenvalue weighted by molar-refractivity contribution is 6.09. The van der Waals surface area contributed by atoms with Gasteiger partial charge in [0.25, 0.3) is 5.91 Å². The van der Waals surface area contributed by atoms with Gasteiger partial charge in [-0.15, -0.1) is 0 Å². The number of nitrogens with one attached hydrogen (secondary N) is 1. The van der Waals surface area contributed by atoms with Gasteiger partial charge in [0, 0.05) is 11.8 Å². The number of amides is 1. The standard InChI is InChI=1S/C19H18N2O3/c1-13(2)24-18-8-4-6-16(11-18)21-19(23)15(12-20)9-14-5-3-7-17(22)10-14/h3-11,13,22H,1-2H3,(H,21,23)/b15-9-. The summed E-state index contributed by atoms with van der Waals surface area (Å²) in [5.74, 6) is 0.181. The molecule has 5 nitrogen and oxygen atoms in total. The average Bonchev–Trinajstić information content (AvgIpc) is 2.52. The molecule has 0 aliphatic rings. The fraction of sp³-hybridized carbons (Fsp3) is 0.158. The topological polar surface area (TPSA) is 82.3 Å². The molecule has 2 N–H and O–H groups in total. The normalized spacial score (nSPS) is 11.0. The molecule has 0 saturated carbocycles. The zero-order valence-corrected chi connectivity index (χ0v) is 13.5. The first-order valence-corrected chi connectivity index (χ1v) is 7.47. The van der Waals surface area contributed by atoms with Crippen LogP contribution in [-0.4, -0.2) is 17.1 Å². The van der Waals surface area contributed by atoms with Gasteiger partial charge in [-0.25, -0.2) is 0 Å². The van der Waals surface area contributed by atoms with E-state index in [0.717, 1.165) is 0 Å². The molecular weight excluding hydrogens is 304 g/mol. The first-order valence-electron chi connectivity index (χ1n) is 7.47. The quantitative estimate of drug-likeness (QED) is 0.649. The summed E-state index contributed by atoms with van der Waals surface area (Å²) in [6.45, 7) is 3.83. The molecule has 0 bridgehead atoms. The van der Waals surface area contributed by atoms with Crippen molar-refractivity contribution in [1.29, 1.82) is 5.26 Å². The fourth-order valence-corrected chi connectivity index (χ4v) is 2.05. The van der Waals surface area contributed by atoms with E-state index in [2.05, 4.69) is 5.32 Å². The number of nitriles is 1. The molecule has 0 radical (unpaired) electrons. The Bertz CT molecular complexity index is 804. The second kappa shape index (κ2) is 7.84. The summed E-state index contributed by atoms with van der Waals surface area (Å²) in [7, 11) is 0. The monoisotopic (exact) mass is 322 g/mol. The average molecular weight is 322 g/mol. The number of hydrogen-bond acceptors (Lipinski definition) is 4. The predicted octanol–water partition coefficient (Wildman–Crippen LogP) is 3.73. The molecule has 0 aliphatic carbocycles. The van der Waals surface area contributed by atoms with Gasteiger partial charge in [0.2, 0.25) is 0 Å². The molecule has 24 heavy (non-hydrogen) atoms. The van der Waals surface area contributed by atoms with Crippen LogP contribution in [-0.2, 0) is 4.79 Å². The van der Waals surface area contributed by atoms with Gasteiger partial charge in [-0.1, -0.05) is 18.2 Å². The third kappa shape index (κ3) is 4.89. The second-order valence-electron chi connectivity index (χ2n) is 5.41. The van der Waals surface area contributed by atoms with Crippen molar-refractivity contribution in [2.45, 2.75) is 20.0 Å². The maximum absolute atomic E-state index is 12.3. The van der Waals surface area contributed by atoms with Crippen LogP contribution in [0.25, 0.3) is 6.08 Å². The Morgan fingerprint density at radius 1 is 1.25 bits per heavy atom. The third-order valence-corrected chi connectivity index (χ3v) is 3.01. The Balaban J connectivity index is 2.17. The fourth-order valence-electron chi connectivity index (χ4n) is 2.05. The van der Waals surface area contributed by atoms with E-state index in [1.54, 1.807) is 36.4 Å². The zero-order valence-electron chi connectivity index (χ0n) is 13.5. The summed E-state index contributed by atoms with van der Waals surface area (Å²) in [5, 5.41) is 21.3. The third-order valence-electron chi connectivity index (χ3n) is 3.01. The number of anilines is 1. The summed E-state index contributed by atoms with van der Waals surface area (Å²) >= 11 is 0. The van der Waals surface area contributed by atoms with Crippen molar-refractivity contribution >= 4 is 17.7 Å². The minimum atomic E-state index is -0.525. The molecule has 0 aromatic heterocycles. The van der Waals surface area contributed by atoms with Gasteiger partial charge < -0.3 is 15.2 Å². The van der Waals surface area contributed by atoms with Crippen LogP contribution in [0.1, 0.15) is 19.4 Å². The van der Waals surface area contributed by atoms with E-state index >= 15 is 0 Å². The highest BCUT2D eigenvalue weighted by Crippen LogP contribution is 2.20. The highest BCUT2D eigenvalue weighted by atomic mass is 16.5. The molecule has 0 atom stereocenters. The molecule has 2 rings (SSSR count).